The molecule has 2 fully saturated rings. The van der Waals surface area contributed by atoms with Gasteiger partial charge in [-0.05, 0) is 66.3 Å². The van der Waals surface area contributed by atoms with Crippen LogP contribution in [0.3, 0.4) is 0 Å². The number of carbonyl (C=O) groups excluding carboxylic acids is 3. The predicted molar refractivity (Wildman–Crippen MR) is 167 cm³/mol. The number of fused-ring (bicyclic) bond motifs is 5. The second-order valence-corrected chi connectivity index (χ2v) is 14.6. The Morgan fingerprint density at radius 1 is 1.02 bits per heavy atom. The summed E-state index contributed by atoms with van der Waals surface area (Å²) in [7, 11) is -2.85. The number of amides is 3. The lowest BCUT2D eigenvalue weighted by molar-refractivity contribution is -0.146. The van der Waals surface area contributed by atoms with Crippen molar-refractivity contribution in [3.63, 3.8) is 0 Å². The molecule has 1 N–H and O–H groups in total. The first-order valence-corrected chi connectivity index (χ1v) is 17.0. The summed E-state index contributed by atoms with van der Waals surface area (Å²) in [5, 5.41) is 4.01. The number of piperidine rings is 2. The van der Waals surface area contributed by atoms with Crippen LogP contribution in [-0.2, 0) is 31.0 Å². The second-order valence-electron chi connectivity index (χ2n) is 11.8. The van der Waals surface area contributed by atoms with Crippen LogP contribution in [0.4, 0.5) is 0 Å². The lowest BCUT2D eigenvalue weighted by Crippen LogP contribution is -2.58. The van der Waals surface area contributed by atoms with E-state index in [0.29, 0.717) is 38.0 Å². The summed E-state index contributed by atoms with van der Waals surface area (Å²) in [4.78, 5) is 55.5. The van der Waals surface area contributed by atoms with Gasteiger partial charge in [0.25, 0.3) is 5.56 Å². The summed E-state index contributed by atoms with van der Waals surface area (Å²) >= 11 is 3.42. The molecule has 3 aromatic rings. The third-order valence-electron chi connectivity index (χ3n) is 8.97. The van der Waals surface area contributed by atoms with Crippen molar-refractivity contribution in [2.45, 2.75) is 42.7 Å². The van der Waals surface area contributed by atoms with Crippen molar-refractivity contribution in [2.75, 3.05) is 39.8 Å². The molecule has 0 saturated carbocycles. The maximum atomic E-state index is 14.0. The number of likely N-dealkylation sites (N-methyl/N-ethyl adjacent to an activating group) is 1. The van der Waals surface area contributed by atoms with Crippen molar-refractivity contribution >= 4 is 54.4 Å². The molecule has 1 aromatic heterocycles. The molecule has 0 radical (unpaired) electrons. The van der Waals surface area contributed by atoms with Gasteiger partial charge in [-0.25, -0.2) is 8.42 Å². The molecule has 44 heavy (non-hydrogen) atoms. The summed E-state index contributed by atoms with van der Waals surface area (Å²) in [5.41, 5.74) is 0.895. The number of likely N-dealkylation sites (tertiary alicyclic amines) is 2. The van der Waals surface area contributed by atoms with E-state index in [1.807, 2.05) is 18.2 Å². The van der Waals surface area contributed by atoms with Crippen molar-refractivity contribution in [3.8, 4) is 0 Å². The number of hydrogen-bond acceptors (Lipinski definition) is 6. The second kappa shape index (κ2) is 12.1. The van der Waals surface area contributed by atoms with Gasteiger partial charge in [0.2, 0.25) is 27.7 Å². The van der Waals surface area contributed by atoms with Gasteiger partial charge in [-0.1, -0.05) is 34.1 Å². The van der Waals surface area contributed by atoms with E-state index in [9.17, 15) is 27.6 Å². The van der Waals surface area contributed by atoms with E-state index < -0.39 is 34.4 Å². The van der Waals surface area contributed by atoms with Crippen LogP contribution >= 0.6 is 15.9 Å². The Kier molecular flexibility index (Phi) is 8.38. The van der Waals surface area contributed by atoms with E-state index in [2.05, 4.69) is 21.2 Å². The van der Waals surface area contributed by atoms with Crippen LogP contribution in [0.5, 0.6) is 0 Å². The average Bonchev–Trinajstić information content (AvgIpc) is 3.01. The number of aromatic nitrogens is 1. The van der Waals surface area contributed by atoms with Gasteiger partial charge in [-0.15, -0.1) is 0 Å². The topological polar surface area (TPSA) is 129 Å². The molecule has 3 aliphatic rings. The fourth-order valence-electron chi connectivity index (χ4n) is 6.78. The monoisotopic (exact) mass is 683 g/mol. The third-order valence-corrected chi connectivity index (χ3v) is 11.3. The van der Waals surface area contributed by atoms with Gasteiger partial charge < -0.3 is 19.7 Å². The number of sulfonamides is 1. The Morgan fingerprint density at radius 3 is 2.59 bits per heavy atom. The molecule has 4 heterocycles. The molecule has 0 aliphatic carbocycles. The van der Waals surface area contributed by atoms with Crippen molar-refractivity contribution < 1.29 is 22.8 Å². The Hall–Kier alpha value is -3.55. The van der Waals surface area contributed by atoms with E-state index in [1.54, 1.807) is 39.8 Å². The molecular weight excluding hydrogens is 650 g/mol. The van der Waals surface area contributed by atoms with Crippen LogP contribution in [0.15, 0.2) is 68.8 Å². The minimum atomic E-state index is -4.26. The van der Waals surface area contributed by atoms with Crippen LogP contribution in [0.25, 0.3) is 10.8 Å². The smallest absolute Gasteiger partial charge is 0.250 e. The standard InChI is InChI=1S/C31H34BrN5O6S/c1-33-28(38)18-37(44(42,43)25-10-8-21-13-24(32)9-7-22(21)14-25)27-5-3-11-34(31(27)41)19-30(40)35-15-20-12-23(17-35)26-4-2-6-29(39)36(26)16-20/h2,4,6-10,13-14,20,23,27H,3,5,11-12,15-19H2,1H3,(H,33,38)/t20-,23+,27-/m0/s1. The van der Waals surface area contributed by atoms with Gasteiger partial charge in [0.15, 0.2) is 0 Å². The van der Waals surface area contributed by atoms with Gasteiger partial charge in [0.05, 0.1) is 18.0 Å². The van der Waals surface area contributed by atoms with Crippen LogP contribution in [0.1, 0.15) is 30.9 Å². The molecule has 3 aliphatic heterocycles. The molecule has 3 atom stereocenters. The normalized spacial score (nSPS) is 21.8. The predicted octanol–water partition coefficient (Wildman–Crippen LogP) is 2.14. The minimum absolute atomic E-state index is 0.0172. The van der Waals surface area contributed by atoms with Crippen LogP contribution in [-0.4, -0.2) is 90.6 Å². The highest BCUT2D eigenvalue weighted by Gasteiger charge is 2.42. The van der Waals surface area contributed by atoms with Crippen LogP contribution in [0, 0.1) is 5.92 Å². The molecule has 13 heteroatoms. The number of rotatable bonds is 7. The molecule has 232 valence electrons. The Morgan fingerprint density at radius 2 is 1.80 bits per heavy atom. The van der Waals surface area contributed by atoms with Crippen LogP contribution in [0.2, 0.25) is 0 Å². The largest absolute Gasteiger partial charge is 0.358 e. The quantitative estimate of drug-likeness (QED) is 0.407. The SMILES string of the molecule is CNC(=O)CN([C@H]1CCCN(CC(=O)N2C[C@@H]3C[C@H](C2)c2cccc(=O)n2C3)C1=O)S(=O)(=O)c1ccc2cc(Br)ccc2c1. The number of nitrogens with zero attached hydrogens (tertiary/aromatic N) is 4. The maximum absolute atomic E-state index is 14.0. The Balaban J connectivity index is 1.22. The zero-order valence-electron chi connectivity index (χ0n) is 24.3. The molecule has 3 amide bonds. The van der Waals surface area contributed by atoms with Gasteiger partial charge >= 0.3 is 0 Å². The van der Waals surface area contributed by atoms with Gasteiger partial charge in [0, 0.05) is 55.4 Å². The highest BCUT2D eigenvalue weighted by Crippen LogP contribution is 2.35. The Bertz CT molecular complexity index is 1810. The molecule has 2 saturated heterocycles. The molecule has 0 unspecified atom stereocenters. The average molecular weight is 685 g/mol. The first kappa shape index (κ1) is 30.5. The van der Waals surface area contributed by atoms with Gasteiger partial charge in [-0.3, -0.25) is 19.2 Å². The van der Waals surface area contributed by atoms with E-state index >= 15 is 0 Å². The number of hydrogen-bond donors (Lipinski definition) is 1. The highest BCUT2D eigenvalue weighted by atomic mass is 79.9. The number of carbonyl (C=O) groups is 3. The summed E-state index contributed by atoms with van der Waals surface area (Å²) in [5.74, 6) is -1.05. The fraction of sp³-hybridized carbons (Fsp3) is 0.419. The first-order chi connectivity index (χ1) is 21.0. The van der Waals surface area contributed by atoms with Gasteiger partial charge in [-0.2, -0.15) is 4.31 Å². The maximum Gasteiger partial charge on any atom is 0.250 e. The van der Waals surface area contributed by atoms with Crippen molar-refractivity contribution in [1.29, 1.82) is 0 Å². The lowest BCUT2D eigenvalue weighted by atomic mass is 9.83. The Labute approximate surface area is 264 Å². The van der Waals surface area contributed by atoms with E-state index in [1.165, 1.54) is 18.0 Å². The van der Waals surface area contributed by atoms with Crippen molar-refractivity contribution in [3.05, 3.63) is 75.1 Å². The number of halogens is 1. The molecule has 2 bridgehead atoms. The van der Waals surface area contributed by atoms with Crippen molar-refractivity contribution in [2.24, 2.45) is 5.92 Å². The van der Waals surface area contributed by atoms with Crippen molar-refractivity contribution in [1.82, 2.24) is 24.0 Å². The molecule has 6 rings (SSSR count). The highest BCUT2D eigenvalue weighted by molar-refractivity contribution is 9.10. The van der Waals surface area contributed by atoms with E-state index in [0.717, 1.165) is 26.3 Å². The summed E-state index contributed by atoms with van der Waals surface area (Å²) in [6.07, 6.45) is 1.62. The zero-order valence-corrected chi connectivity index (χ0v) is 26.7. The number of pyridine rings is 1. The number of nitrogens with one attached hydrogen (secondary N) is 1. The molecular formula is C31H34BrN5O6S. The third kappa shape index (κ3) is 5.80. The summed E-state index contributed by atoms with van der Waals surface area (Å²) < 4.78 is 31.7. The minimum Gasteiger partial charge on any atom is -0.358 e. The molecule has 2 aromatic carbocycles. The molecule has 0 spiro atoms. The van der Waals surface area contributed by atoms with E-state index in [4.69, 9.17) is 0 Å². The molecule has 11 nitrogen and oxygen atoms in total. The summed E-state index contributed by atoms with van der Waals surface area (Å²) in [6, 6.07) is 14.3. The zero-order chi connectivity index (χ0) is 31.2. The first-order valence-electron chi connectivity index (χ1n) is 14.7. The fourth-order valence-corrected chi connectivity index (χ4v) is 8.76. The lowest BCUT2D eigenvalue weighted by Gasteiger charge is -2.43. The van der Waals surface area contributed by atoms with E-state index in [-0.39, 0.29) is 41.2 Å². The van der Waals surface area contributed by atoms with Crippen LogP contribution < -0.4 is 10.9 Å². The summed E-state index contributed by atoms with van der Waals surface area (Å²) in [6.45, 7) is 1.13. The number of benzene rings is 2. The van der Waals surface area contributed by atoms with Gasteiger partial charge in [0.1, 0.15) is 6.04 Å².